The van der Waals surface area contributed by atoms with Crippen molar-refractivity contribution in [3.8, 4) is 5.75 Å². The van der Waals surface area contributed by atoms with Crippen molar-refractivity contribution in [2.24, 2.45) is 23.2 Å². The summed E-state index contributed by atoms with van der Waals surface area (Å²) in [4.78, 5) is 150. The molecular weight excluding hydrogens is 1260 g/mol. The monoisotopic (exact) mass is 1350 g/mol. The lowest BCUT2D eigenvalue weighted by Crippen LogP contribution is -2.55. The van der Waals surface area contributed by atoms with Gasteiger partial charge >= 0.3 is 17.9 Å². The molecule has 0 radical (unpaired) electrons. The minimum absolute atomic E-state index is 0.00848. The predicted molar refractivity (Wildman–Crippen MR) is 344 cm³/mol. The third-order valence-corrected chi connectivity index (χ3v) is 16.1. The van der Waals surface area contributed by atoms with Crippen LogP contribution in [0.25, 0.3) is 0 Å². The molecule has 0 spiro atoms. The quantitative estimate of drug-likeness (QED) is 0.0234. The van der Waals surface area contributed by atoms with Gasteiger partial charge in [0.2, 0.25) is 35.4 Å². The second kappa shape index (κ2) is 40.1. The summed E-state index contributed by atoms with van der Waals surface area (Å²) in [6, 6.07) is 9.07. The van der Waals surface area contributed by atoms with Crippen LogP contribution in [0.3, 0.4) is 0 Å². The van der Waals surface area contributed by atoms with Crippen LogP contribution in [-0.2, 0) is 104 Å². The number of carbonyl (C=O) groups excluding carboxylic acids is 11. The number of hydroxylamine groups is 2. The predicted octanol–water partition coefficient (Wildman–Crippen LogP) is 4.52. The molecule has 95 heavy (non-hydrogen) atoms. The number of hydrogen-bond donors (Lipinski definition) is 6. The van der Waals surface area contributed by atoms with Gasteiger partial charge < -0.3 is 74.6 Å². The molecule has 6 N–H and O–H groups in total. The standard InChI is InChI=1S/C67H96ClN7O20/c1-41(2)36-52-65(85)92-50(15-12-16-54(77)72-49(38-45-21-24-51(88-9)47(68)37-45)63(83)71-40-67(6,7)66(86)93-52)43(5)60-61(94-60)46-22-19-44(20-23-46)39-70-62(82)48(14-10-11-28-69-53(76)27-29-89-32-33-91-35-34-90-31-30-87-8)73-64(84)59(42(3)4)74-55(78)17-13-18-58(81)95-75-56(79)25-26-57(75)80/h12,16,19-24,37,41-43,48-50,52,59-61H,10-11,13-15,17-18,25-36,38-40H2,1-9H3,(H,69,76)(H,70,82)(H,71,83)(H,72,77)(H,73,84)(H,74,78)/b16-12+/t43-,48-,49+,50-,52-,59-,60+,61+/m0/s1. The van der Waals surface area contributed by atoms with E-state index < -0.39 is 119 Å². The summed E-state index contributed by atoms with van der Waals surface area (Å²) in [6.07, 6.45) is 0.527. The number of epoxide rings is 1. The van der Waals surface area contributed by atoms with Crippen LogP contribution < -0.4 is 36.6 Å². The van der Waals surface area contributed by atoms with Gasteiger partial charge in [0, 0.05) is 77.6 Å². The van der Waals surface area contributed by atoms with E-state index in [0.717, 1.165) is 5.56 Å². The number of carbonyl (C=O) groups is 11. The number of methoxy groups -OCH3 is 2. The van der Waals surface area contributed by atoms with Crippen LogP contribution in [-0.4, -0.2) is 180 Å². The maximum absolute atomic E-state index is 14.1. The molecule has 3 aliphatic rings. The first-order chi connectivity index (χ1) is 45.3. The molecular formula is C67H96ClN7O20. The lowest BCUT2D eigenvalue weighted by atomic mass is 9.92. The number of cyclic esters (lactones) is 2. The van der Waals surface area contributed by atoms with Crippen molar-refractivity contribution in [1.29, 1.82) is 0 Å². The maximum atomic E-state index is 14.1. The second-order valence-electron chi connectivity index (χ2n) is 25.0. The van der Waals surface area contributed by atoms with Crippen LogP contribution in [0.2, 0.25) is 5.02 Å². The molecule has 8 atom stereocenters. The van der Waals surface area contributed by atoms with Crippen molar-refractivity contribution < 1.29 is 95.5 Å². The van der Waals surface area contributed by atoms with Gasteiger partial charge in [-0.05, 0) is 92.7 Å². The molecule has 5 rings (SSSR count). The van der Waals surface area contributed by atoms with E-state index in [1.54, 1.807) is 59.1 Å². The Bertz CT molecular complexity index is 2930. The molecule has 0 bridgehead atoms. The molecule has 27 nitrogen and oxygen atoms in total. The zero-order chi connectivity index (χ0) is 69.6. The van der Waals surface area contributed by atoms with E-state index in [-0.39, 0.29) is 102 Å². The second-order valence-corrected chi connectivity index (χ2v) is 25.4. The highest BCUT2D eigenvalue weighted by Crippen LogP contribution is 2.45. The van der Waals surface area contributed by atoms with Crippen molar-refractivity contribution in [2.75, 3.05) is 73.6 Å². The normalized spacial score (nSPS) is 20.5. The fraction of sp³-hybridized carbons (Fsp3) is 0.627. The smallest absolute Gasteiger partial charge is 0.347 e. The van der Waals surface area contributed by atoms with Gasteiger partial charge in [0.1, 0.15) is 36.1 Å². The molecule has 2 fully saturated rings. The van der Waals surface area contributed by atoms with Gasteiger partial charge in [-0.25, -0.2) is 9.59 Å². The fourth-order valence-electron chi connectivity index (χ4n) is 10.1. The minimum Gasteiger partial charge on any atom is -0.495 e. The van der Waals surface area contributed by atoms with Gasteiger partial charge in [-0.1, -0.05) is 82.6 Å². The van der Waals surface area contributed by atoms with Gasteiger partial charge in [0.25, 0.3) is 11.8 Å². The molecule has 0 saturated carbocycles. The van der Waals surface area contributed by atoms with Crippen LogP contribution in [0.4, 0.5) is 0 Å². The number of hydrogen-bond acceptors (Lipinski definition) is 20. The average Bonchev–Trinajstić information content (AvgIpc) is 1.64. The first-order valence-electron chi connectivity index (χ1n) is 32.5. The van der Waals surface area contributed by atoms with E-state index in [1.807, 2.05) is 45.0 Å². The molecule has 2 saturated heterocycles. The highest BCUT2D eigenvalue weighted by atomic mass is 35.5. The van der Waals surface area contributed by atoms with E-state index in [4.69, 9.17) is 54.3 Å². The summed E-state index contributed by atoms with van der Waals surface area (Å²) in [5.41, 5.74) is 0.808. The van der Waals surface area contributed by atoms with Crippen LogP contribution in [0.5, 0.6) is 5.75 Å². The summed E-state index contributed by atoms with van der Waals surface area (Å²) in [5, 5.41) is 17.6. The first kappa shape index (κ1) is 78.1. The highest BCUT2D eigenvalue weighted by molar-refractivity contribution is 6.32. The number of rotatable bonds is 37. The van der Waals surface area contributed by atoms with E-state index in [2.05, 4.69) is 31.9 Å². The maximum Gasteiger partial charge on any atom is 0.347 e. The van der Waals surface area contributed by atoms with Crippen molar-refractivity contribution in [3.05, 3.63) is 76.3 Å². The number of imide groups is 1. The SMILES string of the molecule is COCCOCCOCCOCCC(=O)NCCCC[C@H](NC(=O)[C@@H](NC(=O)CCCC(=O)ON1C(=O)CCC1=O)C(C)C)C(=O)NCc1ccc([C@H]2O[C@@H]2[C@@H](C)[C@@H]2C/C=C/C(=O)N[C@H](Cc3ccc(OC)c(Cl)c3)C(=O)NCC(C)(C)C(=O)O[C@@H](CC(C)C)C(=O)O2)cc1. The molecule has 3 aliphatic heterocycles. The molecule has 0 unspecified atom stereocenters. The summed E-state index contributed by atoms with van der Waals surface area (Å²) >= 11 is 6.40. The number of halogens is 1. The summed E-state index contributed by atoms with van der Waals surface area (Å²) in [7, 11) is 3.07. The van der Waals surface area contributed by atoms with E-state index in [1.165, 1.54) is 13.2 Å². The third-order valence-electron chi connectivity index (χ3n) is 15.8. The summed E-state index contributed by atoms with van der Waals surface area (Å²) in [5.74, 6) is -7.30. The van der Waals surface area contributed by atoms with Crippen molar-refractivity contribution >= 4 is 76.8 Å². The van der Waals surface area contributed by atoms with Crippen LogP contribution in [0, 0.1) is 23.2 Å². The number of benzene rings is 2. The van der Waals surface area contributed by atoms with Gasteiger partial charge in [-0.2, -0.15) is 0 Å². The largest absolute Gasteiger partial charge is 0.495 e. The van der Waals surface area contributed by atoms with Crippen molar-refractivity contribution in [3.63, 3.8) is 0 Å². The lowest BCUT2D eigenvalue weighted by molar-refractivity contribution is -0.197. The average molecular weight is 1350 g/mol. The van der Waals surface area contributed by atoms with Crippen LogP contribution in [0.1, 0.15) is 142 Å². The number of esters is 2. The zero-order valence-electron chi connectivity index (χ0n) is 56.0. The molecule has 28 heteroatoms. The molecule has 526 valence electrons. The Hall–Kier alpha value is -7.56. The molecule has 8 amide bonds. The van der Waals surface area contributed by atoms with Gasteiger partial charge in [0.05, 0.1) is 69.9 Å². The number of unbranched alkanes of at least 4 members (excludes halogenated alkanes) is 1. The summed E-state index contributed by atoms with van der Waals surface area (Å²) < 4.78 is 44.8. The zero-order valence-corrected chi connectivity index (χ0v) is 56.8. The van der Waals surface area contributed by atoms with E-state index in [0.29, 0.717) is 79.4 Å². The Morgan fingerprint density at radius 1 is 0.747 bits per heavy atom. The number of amides is 8. The Kier molecular flexibility index (Phi) is 33.0. The van der Waals surface area contributed by atoms with Gasteiger partial charge in [-0.3, -0.25) is 43.2 Å². The molecule has 0 aliphatic carbocycles. The Labute approximate surface area is 560 Å². The van der Waals surface area contributed by atoms with Crippen LogP contribution >= 0.6 is 11.6 Å². The molecule has 0 aromatic heterocycles. The van der Waals surface area contributed by atoms with Crippen LogP contribution in [0.15, 0.2) is 54.6 Å². The Morgan fingerprint density at radius 2 is 1.41 bits per heavy atom. The Balaban J connectivity index is 1.22. The molecule has 2 aromatic rings. The number of nitrogens with zero attached hydrogens (tertiary/aromatic N) is 1. The fourth-order valence-corrected chi connectivity index (χ4v) is 10.4. The number of nitrogens with one attached hydrogen (secondary N) is 6. The highest BCUT2D eigenvalue weighted by Gasteiger charge is 2.48. The third kappa shape index (κ3) is 27.2. The molecule has 2 aromatic carbocycles. The van der Waals surface area contributed by atoms with Gasteiger partial charge in [-0.15, -0.1) is 5.06 Å². The number of ether oxygens (including phenoxy) is 8. The van der Waals surface area contributed by atoms with Crippen molar-refractivity contribution in [2.45, 2.75) is 175 Å². The van der Waals surface area contributed by atoms with E-state index in [9.17, 15) is 52.7 Å². The van der Waals surface area contributed by atoms with Crippen molar-refractivity contribution in [1.82, 2.24) is 37.0 Å². The minimum atomic E-state index is -1.31. The van der Waals surface area contributed by atoms with Gasteiger partial charge in [0.15, 0.2) is 6.10 Å². The first-order valence-corrected chi connectivity index (χ1v) is 32.8. The topological polar surface area (TPSA) is 350 Å². The van der Waals surface area contributed by atoms with E-state index >= 15 is 0 Å². The Morgan fingerprint density at radius 3 is 2.05 bits per heavy atom. The molecule has 3 heterocycles. The lowest BCUT2D eigenvalue weighted by Gasteiger charge is -2.29. The summed E-state index contributed by atoms with van der Waals surface area (Å²) in [6.45, 7) is 15.0.